The monoisotopic (exact) mass is 334 g/mol. The van der Waals surface area contributed by atoms with Crippen molar-refractivity contribution >= 4 is 5.91 Å². The Labute approximate surface area is 144 Å². The lowest BCUT2D eigenvalue weighted by Crippen LogP contribution is -2.46. The zero-order valence-corrected chi connectivity index (χ0v) is 15.2. The molecule has 1 amide bonds. The highest BCUT2D eigenvalue weighted by molar-refractivity contribution is 5.76. The second kappa shape index (κ2) is 7.21. The lowest BCUT2D eigenvalue weighted by molar-refractivity contribution is -0.122. The topological polar surface area (TPSA) is 71.3 Å². The van der Waals surface area contributed by atoms with Crippen molar-refractivity contribution in [2.75, 3.05) is 13.1 Å². The van der Waals surface area contributed by atoms with Crippen LogP contribution in [0.2, 0.25) is 0 Å². The van der Waals surface area contributed by atoms with Crippen LogP contribution in [0.1, 0.15) is 71.0 Å². The maximum absolute atomic E-state index is 12.2. The van der Waals surface area contributed by atoms with E-state index in [-0.39, 0.29) is 11.3 Å². The normalized spacial score (nSPS) is 24.8. The molecule has 0 bridgehead atoms. The molecule has 6 heteroatoms. The highest BCUT2D eigenvalue weighted by Gasteiger charge is 2.36. The third kappa shape index (κ3) is 4.15. The minimum absolute atomic E-state index is 0.104. The van der Waals surface area contributed by atoms with Crippen molar-refractivity contribution in [3.05, 3.63) is 11.7 Å². The van der Waals surface area contributed by atoms with E-state index in [0.717, 1.165) is 25.2 Å². The quantitative estimate of drug-likeness (QED) is 0.895. The number of carbonyl (C=O) groups is 1. The Morgan fingerprint density at radius 1 is 1.29 bits per heavy atom. The van der Waals surface area contributed by atoms with Crippen LogP contribution < -0.4 is 5.32 Å². The molecule has 0 spiro atoms. The zero-order valence-electron chi connectivity index (χ0n) is 15.2. The van der Waals surface area contributed by atoms with Crippen molar-refractivity contribution in [3.63, 3.8) is 0 Å². The fraction of sp³-hybridized carbons (Fsp3) is 0.833. The van der Waals surface area contributed by atoms with Gasteiger partial charge in [-0.2, -0.15) is 4.98 Å². The molecule has 1 aromatic heterocycles. The molecule has 0 aliphatic carbocycles. The summed E-state index contributed by atoms with van der Waals surface area (Å²) in [6, 6.07) is 0.904. The third-order valence-electron chi connectivity index (χ3n) is 5.14. The van der Waals surface area contributed by atoms with Gasteiger partial charge < -0.3 is 9.84 Å². The molecule has 24 heavy (non-hydrogen) atoms. The lowest BCUT2D eigenvalue weighted by atomic mass is 9.96. The van der Waals surface area contributed by atoms with Crippen molar-refractivity contribution in [1.82, 2.24) is 20.4 Å². The molecule has 1 aromatic rings. The third-order valence-corrected chi connectivity index (χ3v) is 5.14. The lowest BCUT2D eigenvalue weighted by Gasteiger charge is -2.32. The molecule has 3 rings (SSSR count). The van der Waals surface area contributed by atoms with Crippen LogP contribution >= 0.6 is 0 Å². The van der Waals surface area contributed by atoms with E-state index in [0.29, 0.717) is 30.8 Å². The Morgan fingerprint density at radius 2 is 2.12 bits per heavy atom. The van der Waals surface area contributed by atoms with Crippen LogP contribution in [0.3, 0.4) is 0 Å². The molecule has 0 unspecified atom stereocenters. The van der Waals surface area contributed by atoms with Gasteiger partial charge in [0.25, 0.3) is 0 Å². The van der Waals surface area contributed by atoms with E-state index in [1.165, 1.54) is 25.8 Å². The predicted octanol–water partition coefficient (Wildman–Crippen LogP) is 2.43. The molecule has 2 aliphatic rings. The summed E-state index contributed by atoms with van der Waals surface area (Å²) in [5, 5.41) is 7.27. The standard InChI is InChI=1S/C18H30N4O2/c1-18(2,3)17-20-16(24-21-17)9-6-8-15(23)19-13-10-12-22-11-5-4-7-14(13)22/h13-14H,4-12H2,1-3H3,(H,19,23)/t13-,14-/m1/s1. The summed E-state index contributed by atoms with van der Waals surface area (Å²) in [5.41, 5.74) is -0.104. The van der Waals surface area contributed by atoms with Crippen molar-refractivity contribution in [2.24, 2.45) is 0 Å². The van der Waals surface area contributed by atoms with Gasteiger partial charge in [0.2, 0.25) is 11.8 Å². The molecule has 2 atom stereocenters. The van der Waals surface area contributed by atoms with Crippen LogP contribution in [0.15, 0.2) is 4.52 Å². The Hall–Kier alpha value is -1.43. The molecule has 2 fully saturated rings. The van der Waals surface area contributed by atoms with Crippen LogP contribution in [-0.2, 0) is 16.6 Å². The summed E-state index contributed by atoms with van der Waals surface area (Å²) in [4.78, 5) is 19.2. The largest absolute Gasteiger partial charge is 0.352 e. The summed E-state index contributed by atoms with van der Waals surface area (Å²) in [6.07, 6.45) is 6.85. The second-order valence-electron chi connectivity index (χ2n) is 8.18. The zero-order chi connectivity index (χ0) is 17.2. The first-order valence-electron chi connectivity index (χ1n) is 9.30. The number of hydrogen-bond donors (Lipinski definition) is 1. The van der Waals surface area contributed by atoms with Crippen LogP contribution in [0.4, 0.5) is 0 Å². The van der Waals surface area contributed by atoms with Gasteiger partial charge in [-0.25, -0.2) is 0 Å². The van der Waals surface area contributed by atoms with Gasteiger partial charge in [-0.05, 0) is 32.2 Å². The molecule has 0 saturated carbocycles. The van der Waals surface area contributed by atoms with Gasteiger partial charge in [0, 0.05) is 36.9 Å². The average molecular weight is 334 g/mol. The molecule has 2 saturated heterocycles. The van der Waals surface area contributed by atoms with Crippen LogP contribution in [-0.4, -0.2) is 46.1 Å². The van der Waals surface area contributed by atoms with E-state index in [1.54, 1.807) is 0 Å². The van der Waals surface area contributed by atoms with E-state index in [1.807, 2.05) is 0 Å². The van der Waals surface area contributed by atoms with Crippen LogP contribution in [0.25, 0.3) is 0 Å². The Bertz CT molecular complexity index is 564. The van der Waals surface area contributed by atoms with Gasteiger partial charge in [0.15, 0.2) is 5.82 Å². The number of fused-ring (bicyclic) bond motifs is 1. The van der Waals surface area contributed by atoms with Gasteiger partial charge in [0.1, 0.15) is 0 Å². The summed E-state index contributed by atoms with van der Waals surface area (Å²) in [7, 11) is 0. The Kier molecular flexibility index (Phi) is 5.23. The average Bonchev–Trinajstić information content (AvgIpc) is 3.15. The first-order chi connectivity index (χ1) is 11.4. The molecule has 3 heterocycles. The number of aromatic nitrogens is 2. The molecule has 0 radical (unpaired) electrons. The highest BCUT2D eigenvalue weighted by Crippen LogP contribution is 2.27. The van der Waals surface area contributed by atoms with Gasteiger partial charge in [0.05, 0.1) is 0 Å². The Balaban J connectivity index is 1.41. The summed E-state index contributed by atoms with van der Waals surface area (Å²) in [6.45, 7) is 8.51. The molecule has 134 valence electrons. The van der Waals surface area contributed by atoms with Gasteiger partial charge in [-0.15, -0.1) is 0 Å². The molecular weight excluding hydrogens is 304 g/mol. The summed E-state index contributed by atoms with van der Waals surface area (Å²) >= 11 is 0. The smallest absolute Gasteiger partial charge is 0.226 e. The molecule has 1 N–H and O–H groups in total. The maximum atomic E-state index is 12.2. The number of piperidine rings is 1. The minimum atomic E-state index is -0.104. The van der Waals surface area contributed by atoms with Gasteiger partial charge in [-0.3, -0.25) is 9.69 Å². The first kappa shape index (κ1) is 17.4. The highest BCUT2D eigenvalue weighted by atomic mass is 16.5. The number of carbonyl (C=O) groups excluding carboxylic acids is 1. The fourth-order valence-electron chi connectivity index (χ4n) is 3.76. The number of nitrogens with one attached hydrogen (secondary N) is 1. The van der Waals surface area contributed by atoms with E-state index in [2.05, 4.69) is 41.1 Å². The van der Waals surface area contributed by atoms with Gasteiger partial charge in [-0.1, -0.05) is 32.3 Å². The number of amides is 1. The van der Waals surface area contributed by atoms with E-state index < -0.39 is 0 Å². The van der Waals surface area contributed by atoms with Crippen molar-refractivity contribution in [1.29, 1.82) is 0 Å². The van der Waals surface area contributed by atoms with E-state index in [4.69, 9.17) is 4.52 Å². The molecule has 0 aromatic carbocycles. The molecule has 2 aliphatic heterocycles. The van der Waals surface area contributed by atoms with Crippen molar-refractivity contribution in [2.45, 2.75) is 83.2 Å². The number of hydrogen-bond acceptors (Lipinski definition) is 5. The van der Waals surface area contributed by atoms with Crippen LogP contribution in [0, 0.1) is 0 Å². The first-order valence-corrected chi connectivity index (χ1v) is 9.30. The summed E-state index contributed by atoms with van der Waals surface area (Å²) < 4.78 is 5.28. The second-order valence-corrected chi connectivity index (χ2v) is 8.18. The number of rotatable bonds is 5. The van der Waals surface area contributed by atoms with Gasteiger partial charge >= 0.3 is 0 Å². The van der Waals surface area contributed by atoms with E-state index in [9.17, 15) is 4.79 Å². The predicted molar refractivity (Wildman–Crippen MR) is 91.7 cm³/mol. The van der Waals surface area contributed by atoms with Crippen molar-refractivity contribution in [3.8, 4) is 0 Å². The fourth-order valence-corrected chi connectivity index (χ4v) is 3.76. The van der Waals surface area contributed by atoms with Crippen molar-refractivity contribution < 1.29 is 9.32 Å². The Morgan fingerprint density at radius 3 is 2.88 bits per heavy atom. The number of nitrogens with zero attached hydrogens (tertiary/aromatic N) is 3. The van der Waals surface area contributed by atoms with E-state index >= 15 is 0 Å². The summed E-state index contributed by atoms with van der Waals surface area (Å²) in [5.74, 6) is 1.51. The maximum Gasteiger partial charge on any atom is 0.226 e. The molecular formula is C18H30N4O2. The van der Waals surface area contributed by atoms with Crippen LogP contribution in [0.5, 0.6) is 0 Å². The number of aryl methyl sites for hydroxylation is 1. The SMILES string of the molecule is CC(C)(C)c1noc(CCCC(=O)N[C@@H]2CCN3CCCC[C@H]23)n1. The minimum Gasteiger partial charge on any atom is -0.352 e. The molecule has 6 nitrogen and oxygen atoms in total.